The highest BCUT2D eigenvalue weighted by atomic mass is 35.5. The molecule has 2 aromatic carbocycles. The van der Waals surface area contributed by atoms with Crippen LogP contribution in [0.3, 0.4) is 0 Å². The number of hydrogen-bond donors (Lipinski definition) is 1. The van der Waals surface area contributed by atoms with Gasteiger partial charge in [-0.3, -0.25) is 0 Å². The fourth-order valence-electron chi connectivity index (χ4n) is 2.30. The van der Waals surface area contributed by atoms with Crippen LogP contribution in [0, 0.1) is 13.8 Å². The zero-order valence-electron chi connectivity index (χ0n) is 13.4. The van der Waals surface area contributed by atoms with Gasteiger partial charge in [-0.1, -0.05) is 52.2 Å². The van der Waals surface area contributed by atoms with Crippen LogP contribution in [0.2, 0.25) is 9.36 Å². The summed E-state index contributed by atoms with van der Waals surface area (Å²) < 4.78 is 25.6. The summed E-state index contributed by atoms with van der Waals surface area (Å²) in [4.78, 5) is 4.29. The molecule has 0 saturated carbocycles. The zero-order valence-corrected chi connectivity index (χ0v) is 16.5. The summed E-state index contributed by atoms with van der Waals surface area (Å²) in [6, 6.07) is 11.8. The van der Waals surface area contributed by atoms with Gasteiger partial charge >= 0.3 is 0 Å². The van der Waals surface area contributed by atoms with Gasteiger partial charge in [0.1, 0.15) is 4.34 Å². The van der Waals surface area contributed by atoms with Crippen molar-refractivity contribution in [3.8, 4) is 0 Å². The quantitative estimate of drug-likeness (QED) is 0.601. The van der Waals surface area contributed by atoms with E-state index in [1.54, 1.807) is 0 Å². The number of nitrogens with zero attached hydrogens (tertiary/aromatic N) is 1. The molecule has 3 aromatic rings. The molecule has 0 spiro atoms. The van der Waals surface area contributed by atoms with Crippen LogP contribution in [0.5, 0.6) is 0 Å². The van der Waals surface area contributed by atoms with Crippen LogP contribution >= 0.6 is 34.5 Å². The normalized spacial score (nSPS) is 11.5. The van der Waals surface area contributed by atoms with E-state index < -0.39 is 9.84 Å². The van der Waals surface area contributed by atoms with Gasteiger partial charge in [0.05, 0.1) is 4.90 Å². The number of halogens is 2. The molecule has 3 rings (SSSR count). The minimum Gasteiger partial charge on any atom is -0.331 e. The van der Waals surface area contributed by atoms with Crippen molar-refractivity contribution in [2.75, 3.05) is 5.32 Å². The van der Waals surface area contributed by atoms with E-state index >= 15 is 0 Å². The maximum absolute atomic E-state index is 12.7. The van der Waals surface area contributed by atoms with Crippen LogP contribution in [0.15, 0.2) is 52.4 Å². The van der Waals surface area contributed by atoms with Crippen LogP contribution in [0.25, 0.3) is 0 Å². The maximum atomic E-state index is 12.7. The molecule has 0 fully saturated rings. The highest BCUT2D eigenvalue weighted by molar-refractivity contribution is 7.91. The van der Waals surface area contributed by atoms with Crippen molar-refractivity contribution in [2.45, 2.75) is 23.8 Å². The second-order valence-electron chi connectivity index (χ2n) is 5.50. The number of aromatic nitrogens is 1. The van der Waals surface area contributed by atoms with Gasteiger partial charge < -0.3 is 5.32 Å². The summed E-state index contributed by atoms with van der Waals surface area (Å²) in [6.07, 6.45) is 0. The molecule has 0 aliphatic rings. The van der Waals surface area contributed by atoms with Gasteiger partial charge in [0.15, 0.2) is 10.2 Å². The Labute approximate surface area is 160 Å². The van der Waals surface area contributed by atoms with Gasteiger partial charge in [-0.25, -0.2) is 13.4 Å². The molecule has 0 aliphatic carbocycles. The summed E-state index contributed by atoms with van der Waals surface area (Å²) in [5, 5.41) is 3.85. The molecule has 0 unspecified atom stereocenters. The molecule has 0 atom stereocenters. The molecule has 1 N–H and O–H groups in total. The largest absolute Gasteiger partial charge is 0.331 e. The second kappa shape index (κ2) is 6.96. The van der Waals surface area contributed by atoms with Crippen LogP contribution in [0.4, 0.5) is 10.8 Å². The Morgan fingerprint density at radius 1 is 1.04 bits per heavy atom. The lowest BCUT2D eigenvalue weighted by Crippen LogP contribution is -2.03. The van der Waals surface area contributed by atoms with Gasteiger partial charge in [0.2, 0.25) is 9.84 Å². The lowest BCUT2D eigenvalue weighted by Gasteiger charge is -2.07. The van der Waals surface area contributed by atoms with Crippen molar-refractivity contribution >= 4 is 55.2 Å². The van der Waals surface area contributed by atoms with Crippen molar-refractivity contribution in [3.05, 3.63) is 63.0 Å². The minimum absolute atomic E-state index is 0.0992. The monoisotopic (exact) mass is 412 g/mol. The predicted octanol–water partition coefficient (Wildman–Crippen LogP) is 5.64. The van der Waals surface area contributed by atoms with Crippen molar-refractivity contribution in [2.24, 2.45) is 0 Å². The van der Waals surface area contributed by atoms with Crippen LogP contribution in [-0.4, -0.2) is 13.4 Å². The Kier molecular flexibility index (Phi) is 5.06. The zero-order chi connectivity index (χ0) is 18.2. The molecular formula is C17H14Cl2N2O2S2. The molecule has 0 aliphatic heterocycles. The smallest absolute Gasteiger partial charge is 0.226 e. The number of nitrogens with one attached hydrogen (secondary N) is 1. The third-order valence-electron chi connectivity index (χ3n) is 3.56. The highest BCUT2D eigenvalue weighted by Crippen LogP contribution is 2.36. The van der Waals surface area contributed by atoms with E-state index in [1.165, 1.54) is 24.3 Å². The first-order valence-electron chi connectivity index (χ1n) is 7.28. The molecule has 0 radical (unpaired) electrons. The Hall–Kier alpha value is -1.60. The molecule has 130 valence electrons. The van der Waals surface area contributed by atoms with Crippen LogP contribution in [-0.2, 0) is 9.84 Å². The van der Waals surface area contributed by atoms with E-state index in [-0.39, 0.29) is 14.3 Å². The Bertz CT molecular complexity index is 1030. The first-order chi connectivity index (χ1) is 11.8. The molecule has 8 heteroatoms. The molecule has 1 aromatic heterocycles. The first-order valence-corrected chi connectivity index (χ1v) is 10.3. The molecule has 0 amide bonds. The highest BCUT2D eigenvalue weighted by Gasteiger charge is 2.25. The Morgan fingerprint density at radius 2 is 1.72 bits per heavy atom. The molecular weight excluding hydrogens is 399 g/mol. The summed E-state index contributed by atoms with van der Waals surface area (Å²) in [5.41, 5.74) is 3.03. The van der Waals surface area contributed by atoms with Gasteiger partial charge in [-0.05, 0) is 49.7 Å². The van der Waals surface area contributed by atoms with E-state index in [0.717, 1.165) is 28.2 Å². The molecule has 25 heavy (non-hydrogen) atoms. The van der Waals surface area contributed by atoms with E-state index in [9.17, 15) is 8.42 Å². The third kappa shape index (κ3) is 3.82. The van der Waals surface area contributed by atoms with E-state index in [4.69, 9.17) is 23.2 Å². The van der Waals surface area contributed by atoms with Crippen LogP contribution in [0.1, 0.15) is 11.1 Å². The average molecular weight is 413 g/mol. The predicted molar refractivity (Wildman–Crippen MR) is 103 cm³/mol. The molecule has 0 saturated heterocycles. The lowest BCUT2D eigenvalue weighted by atomic mass is 10.1. The topological polar surface area (TPSA) is 59.1 Å². The fraction of sp³-hybridized carbons (Fsp3) is 0.118. The van der Waals surface area contributed by atoms with Crippen molar-refractivity contribution in [3.63, 3.8) is 0 Å². The van der Waals surface area contributed by atoms with Gasteiger partial charge in [-0.2, -0.15) is 0 Å². The third-order valence-corrected chi connectivity index (χ3v) is 6.92. The standard InChI is InChI=1S/C17H14Cl2N2O2S2/c1-10-3-8-14(11(2)9-10)20-17-21-16(15(19)24-17)25(22,23)13-6-4-12(18)5-7-13/h3-9H,1-2H3,(H,20,21). The number of benzene rings is 2. The summed E-state index contributed by atoms with van der Waals surface area (Å²) >= 11 is 13.1. The molecule has 0 bridgehead atoms. The van der Waals surface area contributed by atoms with Crippen molar-refractivity contribution in [1.82, 2.24) is 4.98 Å². The number of thiazole rings is 1. The molecule has 1 heterocycles. The second-order valence-corrected chi connectivity index (χ2v) is 9.40. The summed E-state index contributed by atoms with van der Waals surface area (Å²) in [5.74, 6) is 0. The van der Waals surface area contributed by atoms with Gasteiger partial charge in [-0.15, -0.1) is 0 Å². The first kappa shape index (κ1) is 18.2. The summed E-state index contributed by atoms with van der Waals surface area (Å²) in [7, 11) is -3.81. The number of aryl methyl sites for hydroxylation is 2. The Morgan fingerprint density at radius 3 is 2.36 bits per heavy atom. The lowest BCUT2D eigenvalue weighted by molar-refractivity contribution is 0.593. The number of sulfone groups is 1. The van der Waals surface area contributed by atoms with Gasteiger partial charge in [0.25, 0.3) is 0 Å². The van der Waals surface area contributed by atoms with Gasteiger partial charge in [0, 0.05) is 10.7 Å². The minimum atomic E-state index is -3.81. The van der Waals surface area contributed by atoms with Crippen LogP contribution < -0.4 is 5.32 Å². The van der Waals surface area contributed by atoms with Crippen molar-refractivity contribution < 1.29 is 8.42 Å². The number of hydrogen-bond acceptors (Lipinski definition) is 5. The summed E-state index contributed by atoms with van der Waals surface area (Å²) in [6.45, 7) is 3.98. The average Bonchev–Trinajstić information content (AvgIpc) is 2.92. The SMILES string of the molecule is Cc1ccc(Nc2nc(S(=O)(=O)c3ccc(Cl)cc3)c(Cl)s2)c(C)c1. The van der Waals surface area contributed by atoms with E-state index in [2.05, 4.69) is 10.3 Å². The molecule has 4 nitrogen and oxygen atoms in total. The number of anilines is 2. The Balaban J connectivity index is 1.96. The van der Waals surface area contributed by atoms with E-state index in [1.807, 2.05) is 32.0 Å². The maximum Gasteiger partial charge on any atom is 0.226 e. The van der Waals surface area contributed by atoms with E-state index in [0.29, 0.717) is 10.2 Å². The fourth-order valence-corrected chi connectivity index (χ4v) is 5.25. The number of rotatable bonds is 4. The van der Waals surface area contributed by atoms with Crippen molar-refractivity contribution in [1.29, 1.82) is 0 Å².